The maximum atomic E-state index is 13.3. The lowest BCUT2D eigenvalue weighted by Gasteiger charge is -2.13. The summed E-state index contributed by atoms with van der Waals surface area (Å²) in [7, 11) is 1.47. The third-order valence-electron chi connectivity index (χ3n) is 5.41. The minimum Gasteiger partial charge on any atom is -0.493 e. The van der Waals surface area contributed by atoms with Gasteiger partial charge in [0, 0.05) is 26.6 Å². The number of halogens is 3. The molecule has 38 heavy (non-hydrogen) atoms. The third-order valence-corrected chi connectivity index (χ3v) is 6.59. The number of rotatable bonds is 9. The molecular weight excluding hydrogens is 623 g/mol. The van der Waals surface area contributed by atoms with Gasteiger partial charge in [0.1, 0.15) is 11.6 Å². The van der Waals surface area contributed by atoms with Crippen LogP contribution < -0.4 is 20.3 Å². The molecule has 0 saturated carbocycles. The van der Waals surface area contributed by atoms with Crippen molar-refractivity contribution in [3.63, 3.8) is 0 Å². The highest BCUT2D eigenvalue weighted by Crippen LogP contribution is 2.33. The number of fused-ring (bicyclic) bond motifs is 1. The van der Waals surface area contributed by atoms with Crippen LogP contribution in [0.25, 0.3) is 10.9 Å². The van der Waals surface area contributed by atoms with Crippen molar-refractivity contribution in [2.24, 2.45) is 5.10 Å². The number of ether oxygens (including phenoxy) is 2. The van der Waals surface area contributed by atoms with Gasteiger partial charge in [0.15, 0.2) is 18.1 Å². The first-order valence-electron chi connectivity index (χ1n) is 11.6. The summed E-state index contributed by atoms with van der Waals surface area (Å²) in [4.78, 5) is 30.1. The Balaban J connectivity index is 1.58. The van der Waals surface area contributed by atoms with Crippen LogP contribution in [0.4, 0.5) is 10.1 Å². The molecule has 4 aromatic rings. The molecule has 1 heterocycles. The number of carbonyl (C=O) groups excluding carboxylic acids is 1. The van der Waals surface area contributed by atoms with E-state index in [0.29, 0.717) is 50.4 Å². The van der Waals surface area contributed by atoms with Gasteiger partial charge in [0.05, 0.1) is 24.2 Å². The van der Waals surface area contributed by atoms with E-state index in [-0.39, 0.29) is 12.2 Å². The predicted molar refractivity (Wildman–Crippen MR) is 152 cm³/mol. The van der Waals surface area contributed by atoms with E-state index in [4.69, 9.17) is 9.47 Å². The number of amides is 1. The highest BCUT2D eigenvalue weighted by atomic mass is 79.9. The van der Waals surface area contributed by atoms with Crippen LogP contribution in [-0.2, 0) is 11.2 Å². The van der Waals surface area contributed by atoms with Gasteiger partial charge in [-0.3, -0.25) is 9.59 Å². The first kappa shape index (κ1) is 27.5. The third kappa shape index (κ3) is 6.46. The van der Waals surface area contributed by atoms with Gasteiger partial charge >= 0.3 is 0 Å². The van der Waals surface area contributed by atoms with Crippen molar-refractivity contribution in [1.82, 2.24) is 9.66 Å². The molecule has 0 atom stereocenters. The van der Waals surface area contributed by atoms with Crippen LogP contribution in [0.1, 0.15) is 24.7 Å². The molecular formula is C27H23Br2FN4O4. The molecule has 0 aliphatic heterocycles. The highest BCUT2D eigenvalue weighted by Gasteiger charge is 2.14. The summed E-state index contributed by atoms with van der Waals surface area (Å²) in [5.41, 5.74) is 1.27. The zero-order valence-corrected chi connectivity index (χ0v) is 23.7. The first-order chi connectivity index (χ1) is 18.3. The number of anilines is 1. The van der Waals surface area contributed by atoms with Gasteiger partial charge in [-0.1, -0.05) is 28.9 Å². The molecule has 3 aromatic carbocycles. The second-order valence-corrected chi connectivity index (χ2v) is 9.94. The van der Waals surface area contributed by atoms with E-state index in [9.17, 15) is 14.0 Å². The number of nitrogens with one attached hydrogen (secondary N) is 1. The zero-order chi connectivity index (χ0) is 27.2. The average Bonchev–Trinajstić information content (AvgIpc) is 2.88. The fourth-order valence-corrected chi connectivity index (χ4v) is 4.43. The van der Waals surface area contributed by atoms with Crippen molar-refractivity contribution in [3.8, 4) is 11.5 Å². The second kappa shape index (κ2) is 12.3. The van der Waals surface area contributed by atoms with Crippen molar-refractivity contribution in [2.75, 3.05) is 19.0 Å². The summed E-state index contributed by atoms with van der Waals surface area (Å²) in [5.74, 6) is 0.304. The molecule has 0 spiro atoms. The lowest BCUT2D eigenvalue weighted by molar-refractivity contribution is -0.118. The van der Waals surface area contributed by atoms with Crippen molar-refractivity contribution < 1.29 is 18.7 Å². The smallest absolute Gasteiger partial charge is 0.282 e. The Labute approximate surface area is 234 Å². The van der Waals surface area contributed by atoms with Gasteiger partial charge in [0.2, 0.25) is 0 Å². The normalized spacial score (nSPS) is 11.2. The summed E-state index contributed by atoms with van der Waals surface area (Å²) < 4.78 is 27.1. The molecule has 0 radical (unpaired) electrons. The summed E-state index contributed by atoms with van der Waals surface area (Å²) >= 11 is 6.89. The molecule has 0 aliphatic rings. The number of nitrogens with zero attached hydrogens (tertiary/aromatic N) is 3. The summed E-state index contributed by atoms with van der Waals surface area (Å²) in [6.07, 6.45) is 2.90. The van der Waals surface area contributed by atoms with Crippen molar-refractivity contribution in [2.45, 2.75) is 19.8 Å². The molecule has 11 heteroatoms. The summed E-state index contributed by atoms with van der Waals surface area (Å²) in [6.45, 7) is 1.69. The van der Waals surface area contributed by atoms with E-state index in [1.807, 2.05) is 13.0 Å². The minimum absolute atomic E-state index is 0.275. The number of benzene rings is 3. The maximum Gasteiger partial charge on any atom is 0.282 e. The van der Waals surface area contributed by atoms with E-state index >= 15 is 0 Å². The van der Waals surface area contributed by atoms with E-state index in [0.717, 1.165) is 10.9 Å². The first-order valence-corrected chi connectivity index (χ1v) is 13.2. The SMILES string of the molecule is CCCc1nc2ccc(Br)cc2c(=O)n1N=Cc1cc(OC)c(OCC(=O)Nc2cccc(F)c2)cc1Br. The Bertz CT molecular complexity index is 1590. The minimum atomic E-state index is -0.460. The standard InChI is InChI=1S/C27H23Br2FN4O4/c1-3-5-25-33-22-9-8-17(28)11-20(22)27(36)34(25)31-14-16-10-23(37-2)24(13-21(16)29)38-15-26(35)32-19-7-4-6-18(30)12-19/h4,6-14H,3,5,15H2,1-2H3,(H,32,35). The van der Waals surface area contributed by atoms with Crippen molar-refractivity contribution in [3.05, 3.63) is 91.1 Å². The molecule has 0 bridgehead atoms. The van der Waals surface area contributed by atoms with Crippen LogP contribution in [0.5, 0.6) is 11.5 Å². The Morgan fingerprint density at radius 2 is 1.97 bits per heavy atom. The Kier molecular flexibility index (Phi) is 8.90. The van der Waals surface area contributed by atoms with Crippen LogP contribution in [-0.4, -0.2) is 35.5 Å². The Morgan fingerprint density at radius 3 is 2.71 bits per heavy atom. The summed E-state index contributed by atoms with van der Waals surface area (Å²) in [5, 5.41) is 7.47. The topological polar surface area (TPSA) is 94.8 Å². The number of hydrogen-bond donors (Lipinski definition) is 1. The molecule has 1 amide bonds. The Hall–Kier alpha value is -3.57. The van der Waals surface area contributed by atoms with Crippen LogP contribution in [0.2, 0.25) is 0 Å². The van der Waals surface area contributed by atoms with E-state index in [2.05, 4.69) is 47.3 Å². The molecule has 0 saturated heterocycles. The van der Waals surface area contributed by atoms with Gasteiger partial charge in [-0.2, -0.15) is 9.78 Å². The molecule has 0 aliphatic carbocycles. The Morgan fingerprint density at radius 1 is 1.16 bits per heavy atom. The van der Waals surface area contributed by atoms with Crippen LogP contribution in [0.3, 0.4) is 0 Å². The van der Waals surface area contributed by atoms with Crippen LogP contribution in [0.15, 0.2) is 73.4 Å². The van der Waals surface area contributed by atoms with Crippen molar-refractivity contribution >= 4 is 60.6 Å². The number of carbonyl (C=O) groups is 1. The monoisotopic (exact) mass is 644 g/mol. The van der Waals surface area contributed by atoms with E-state index in [1.54, 1.807) is 30.3 Å². The quantitative estimate of drug-likeness (QED) is 0.228. The average molecular weight is 646 g/mol. The van der Waals surface area contributed by atoms with Gasteiger partial charge in [-0.25, -0.2) is 9.37 Å². The van der Waals surface area contributed by atoms with Gasteiger partial charge in [-0.05, 0) is 70.9 Å². The number of aromatic nitrogens is 2. The van der Waals surface area contributed by atoms with Gasteiger partial charge in [0.25, 0.3) is 11.5 Å². The lowest BCUT2D eigenvalue weighted by Crippen LogP contribution is -2.22. The number of hydrogen-bond acceptors (Lipinski definition) is 6. The van der Waals surface area contributed by atoms with Gasteiger partial charge in [-0.15, -0.1) is 0 Å². The zero-order valence-electron chi connectivity index (χ0n) is 20.5. The van der Waals surface area contributed by atoms with Gasteiger partial charge < -0.3 is 14.8 Å². The molecule has 1 N–H and O–H groups in total. The fraction of sp³-hybridized carbons (Fsp3) is 0.185. The summed E-state index contributed by atoms with van der Waals surface area (Å²) in [6, 6.07) is 14.3. The number of aryl methyl sites for hydroxylation is 1. The highest BCUT2D eigenvalue weighted by molar-refractivity contribution is 9.10. The number of methoxy groups -OCH3 is 1. The second-order valence-electron chi connectivity index (χ2n) is 8.17. The fourth-order valence-electron chi connectivity index (χ4n) is 3.65. The maximum absolute atomic E-state index is 13.3. The molecule has 196 valence electrons. The van der Waals surface area contributed by atoms with Crippen LogP contribution in [0, 0.1) is 5.82 Å². The largest absolute Gasteiger partial charge is 0.493 e. The molecule has 4 rings (SSSR count). The van der Waals surface area contributed by atoms with Crippen LogP contribution >= 0.6 is 31.9 Å². The molecule has 0 fully saturated rings. The molecule has 8 nitrogen and oxygen atoms in total. The van der Waals surface area contributed by atoms with E-state index < -0.39 is 11.7 Å². The molecule has 1 aromatic heterocycles. The molecule has 0 unspecified atom stereocenters. The van der Waals surface area contributed by atoms with E-state index in [1.165, 1.54) is 36.2 Å². The van der Waals surface area contributed by atoms with Crippen molar-refractivity contribution in [1.29, 1.82) is 0 Å². The lowest BCUT2D eigenvalue weighted by atomic mass is 10.2. The predicted octanol–water partition coefficient (Wildman–Crippen LogP) is 5.92.